The number of amides is 1. The lowest BCUT2D eigenvalue weighted by Gasteiger charge is -2.02. The number of carbonyl (C=O) groups is 1. The minimum absolute atomic E-state index is 0.0150. The smallest absolute Gasteiger partial charge is 0.216 e. The van der Waals surface area contributed by atoms with Gasteiger partial charge in [0.25, 0.3) is 0 Å². The number of benzene rings is 1. The lowest BCUT2D eigenvalue weighted by atomic mass is 10.1. The van der Waals surface area contributed by atoms with E-state index in [0.29, 0.717) is 11.7 Å². The summed E-state index contributed by atoms with van der Waals surface area (Å²) in [5, 5.41) is 4.30. The fraction of sp³-hybridized carbons (Fsp3) is 0.200. The summed E-state index contributed by atoms with van der Waals surface area (Å²) < 4.78 is 0. The summed E-state index contributed by atoms with van der Waals surface area (Å²) >= 11 is 6.13. The second kappa shape index (κ2) is 6.34. The first-order valence-corrected chi connectivity index (χ1v) is 6.51. The van der Waals surface area contributed by atoms with Gasteiger partial charge in [-0.05, 0) is 18.6 Å². The molecular weight excluding hydrogens is 260 g/mol. The van der Waals surface area contributed by atoms with Gasteiger partial charge in [0.05, 0.1) is 5.52 Å². The number of hydrogen-bond acceptors (Lipinski definition) is 2. The lowest BCUT2D eigenvalue weighted by molar-refractivity contribution is -0.118. The number of pyridine rings is 1. The van der Waals surface area contributed by atoms with Crippen LogP contribution in [0.1, 0.15) is 18.9 Å². The van der Waals surface area contributed by atoms with E-state index in [0.717, 1.165) is 22.9 Å². The molecule has 0 radical (unpaired) electrons. The van der Waals surface area contributed by atoms with Crippen molar-refractivity contribution in [3.05, 3.63) is 47.1 Å². The highest BCUT2D eigenvalue weighted by atomic mass is 35.5. The molecule has 2 rings (SSSR count). The molecule has 1 N–H and O–H groups in total. The van der Waals surface area contributed by atoms with Gasteiger partial charge >= 0.3 is 0 Å². The zero-order valence-corrected chi connectivity index (χ0v) is 11.4. The van der Waals surface area contributed by atoms with E-state index in [9.17, 15) is 4.79 Å². The Labute approximate surface area is 117 Å². The molecule has 0 bridgehead atoms. The Morgan fingerprint density at radius 2 is 2.21 bits per heavy atom. The molecule has 0 spiro atoms. The summed E-state index contributed by atoms with van der Waals surface area (Å²) in [6.07, 6.45) is 4.68. The zero-order valence-electron chi connectivity index (χ0n) is 10.7. The predicted molar refractivity (Wildman–Crippen MR) is 79.1 cm³/mol. The van der Waals surface area contributed by atoms with Crippen molar-refractivity contribution in [2.75, 3.05) is 6.54 Å². The predicted octanol–water partition coefficient (Wildman–Crippen LogP) is 3.43. The van der Waals surface area contributed by atoms with Crippen molar-refractivity contribution in [3.63, 3.8) is 0 Å². The molecule has 1 aromatic heterocycles. The lowest BCUT2D eigenvalue weighted by Crippen LogP contribution is -2.20. The third kappa shape index (κ3) is 3.80. The molecule has 1 aromatic carbocycles. The number of halogens is 1. The first-order chi connectivity index (χ1) is 9.16. The largest absolute Gasteiger partial charge is 0.356 e. The van der Waals surface area contributed by atoms with E-state index in [1.165, 1.54) is 6.92 Å². The minimum Gasteiger partial charge on any atom is -0.356 e. The molecule has 0 unspecified atom stereocenters. The van der Waals surface area contributed by atoms with Crippen LogP contribution in [0.5, 0.6) is 0 Å². The summed E-state index contributed by atoms with van der Waals surface area (Å²) in [5.74, 6) is -0.0150. The molecule has 4 heteroatoms. The zero-order chi connectivity index (χ0) is 13.7. The van der Waals surface area contributed by atoms with Crippen molar-refractivity contribution in [2.24, 2.45) is 0 Å². The topological polar surface area (TPSA) is 42.0 Å². The average Bonchev–Trinajstić information content (AvgIpc) is 2.38. The Hall–Kier alpha value is -1.87. The molecule has 3 nitrogen and oxygen atoms in total. The number of carbonyl (C=O) groups excluding carboxylic acids is 1. The van der Waals surface area contributed by atoms with Crippen LogP contribution < -0.4 is 5.32 Å². The SMILES string of the molecule is CC(=O)NCCC=Cc1cc2ccccc2nc1Cl. The number of fused-ring (bicyclic) bond motifs is 1. The molecular formula is C15H15ClN2O. The number of nitrogens with zero attached hydrogens (tertiary/aromatic N) is 1. The standard InChI is InChI=1S/C15H15ClN2O/c1-11(19)17-9-5-4-7-13-10-12-6-2-3-8-14(12)18-15(13)16/h2-4,6-8,10H,5,9H2,1H3,(H,17,19). The Kier molecular flexibility index (Phi) is 4.53. The maximum atomic E-state index is 10.7. The maximum Gasteiger partial charge on any atom is 0.216 e. The Morgan fingerprint density at radius 3 is 3.00 bits per heavy atom. The van der Waals surface area contributed by atoms with Crippen LogP contribution in [0.15, 0.2) is 36.4 Å². The second-order valence-corrected chi connectivity index (χ2v) is 4.59. The van der Waals surface area contributed by atoms with E-state index >= 15 is 0 Å². The molecule has 0 aliphatic rings. The molecule has 1 amide bonds. The van der Waals surface area contributed by atoms with E-state index in [-0.39, 0.29) is 5.91 Å². The molecule has 19 heavy (non-hydrogen) atoms. The van der Waals surface area contributed by atoms with Crippen LogP contribution in [0.2, 0.25) is 5.15 Å². The van der Waals surface area contributed by atoms with Crippen LogP contribution in [0.25, 0.3) is 17.0 Å². The van der Waals surface area contributed by atoms with Gasteiger partial charge in [-0.25, -0.2) is 4.98 Å². The molecule has 0 aliphatic carbocycles. The second-order valence-electron chi connectivity index (χ2n) is 4.24. The van der Waals surface area contributed by atoms with E-state index in [1.54, 1.807) is 0 Å². The quantitative estimate of drug-likeness (QED) is 0.686. The van der Waals surface area contributed by atoms with Crippen molar-refractivity contribution in [2.45, 2.75) is 13.3 Å². The fourth-order valence-corrected chi connectivity index (χ4v) is 1.98. The van der Waals surface area contributed by atoms with Gasteiger partial charge in [0.1, 0.15) is 5.15 Å². The molecule has 0 fully saturated rings. The van der Waals surface area contributed by atoms with Gasteiger partial charge in [0.2, 0.25) is 5.91 Å². The van der Waals surface area contributed by atoms with Gasteiger partial charge in [-0.1, -0.05) is 42.0 Å². The van der Waals surface area contributed by atoms with Gasteiger partial charge in [-0.2, -0.15) is 0 Å². The van der Waals surface area contributed by atoms with Crippen LogP contribution in [-0.4, -0.2) is 17.4 Å². The van der Waals surface area contributed by atoms with Crippen molar-refractivity contribution in [1.29, 1.82) is 0 Å². The molecule has 0 saturated carbocycles. The highest BCUT2D eigenvalue weighted by molar-refractivity contribution is 6.31. The average molecular weight is 275 g/mol. The Bertz CT molecular complexity index is 623. The van der Waals surface area contributed by atoms with Gasteiger partial charge in [-0.3, -0.25) is 4.79 Å². The van der Waals surface area contributed by atoms with Crippen LogP contribution >= 0.6 is 11.6 Å². The molecule has 2 aromatic rings. The summed E-state index contributed by atoms with van der Waals surface area (Å²) in [6, 6.07) is 9.87. The van der Waals surface area contributed by atoms with Crippen molar-refractivity contribution in [3.8, 4) is 0 Å². The van der Waals surface area contributed by atoms with Gasteiger partial charge < -0.3 is 5.32 Å². The molecule has 98 valence electrons. The van der Waals surface area contributed by atoms with Crippen molar-refractivity contribution >= 4 is 34.5 Å². The third-order valence-electron chi connectivity index (χ3n) is 2.69. The van der Waals surface area contributed by atoms with Gasteiger partial charge in [-0.15, -0.1) is 0 Å². The fourth-order valence-electron chi connectivity index (χ4n) is 1.77. The van der Waals surface area contributed by atoms with Crippen molar-refractivity contribution in [1.82, 2.24) is 10.3 Å². The Balaban J connectivity index is 2.09. The minimum atomic E-state index is -0.0150. The van der Waals surface area contributed by atoms with Crippen LogP contribution in [0, 0.1) is 0 Å². The van der Waals surface area contributed by atoms with Gasteiger partial charge in [0, 0.05) is 24.4 Å². The number of hydrogen-bond donors (Lipinski definition) is 1. The number of aromatic nitrogens is 1. The molecule has 1 heterocycles. The summed E-state index contributed by atoms with van der Waals surface area (Å²) in [5.41, 5.74) is 1.78. The maximum absolute atomic E-state index is 10.7. The summed E-state index contributed by atoms with van der Waals surface area (Å²) in [6.45, 7) is 2.14. The third-order valence-corrected chi connectivity index (χ3v) is 2.99. The van der Waals surface area contributed by atoms with E-state index in [4.69, 9.17) is 11.6 Å². The van der Waals surface area contributed by atoms with E-state index in [1.807, 2.05) is 42.5 Å². The molecule has 0 atom stereocenters. The molecule has 0 saturated heterocycles. The van der Waals surface area contributed by atoms with Crippen LogP contribution in [0.3, 0.4) is 0 Å². The normalized spacial score (nSPS) is 11.1. The number of para-hydroxylation sites is 1. The van der Waals surface area contributed by atoms with Crippen LogP contribution in [-0.2, 0) is 4.79 Å². The monoisotopic (exact) mass is 274 g/mol. The number of nitrogens with one attached hydrogen (secondary N) is 1. The first kappa shape index (κ1) is 13.6. The van der Waals surface area contributed by atoms with E-state index < -0.39 is 0 Å². The van der Waals surface area contributed by atoms with Gasteiger partial charge in [0.15, 0.2) is 0 Å². The number of rotatable bonds is 4. The van der Waals surface area contributed by atoms with E-state index in [2.05, 4.69) is 10.3 Å². The first-order valence-electron chi connectivity index (χ1n) is 6.13. The highest BCUT2D eigenvalue weighted by Gasteiger charge is 2.01. The Morgan fingerprint density at radius 1 is 1.42 bits per heavy atom. The summed E-state index contributed by atoms with van der Waals surface area (Å²) in [4.78, 5) is 15.1. The summed E-state index contributed by atoms with van der Waals surface area (Å²) in [7, 11) is 0. The highest BCUT2D eigenvalue weighted by Crippen LogP contribution is 2.21. The van der Waals surface area contributed by atoms with Crippen molar-refractivity contribution < 1.29 is 4.79 Å². The van der Waals surface area contributed by atoms with Crippen LogP contribution in [0.4, 0.5) is 0 Å². The molecule has 0 aliphatic heterocycles.